The van der Waals surface area contributed by atoms with Crippen LogP contribution >= 0.6 is 11.3 Å². The number of nitrogens with one attached hydrogen (secondary N) is 1. The Balaban J connectivity index is 1.25. The highest BCUT2D eigenvalue weighted by molar-refractivity contribution is 7.13. The number of thiazole rings is 1. The highest BCUT2D eigenvalue weighted by atomic mass is 32.1. The molecule has 0 bridgehead atoms. The second kappa shape index (κ2) is 9.79. The quantitative estimate of drug-likeness (QED) is 0.583. The topological polar surface area (TPSA) is 103 Å². The first kappa shape index (κ1) is 20.5. The Kier molecular flexibility index (Phi) is 6.67. The van der Waals surface area contributed by atoms with Gasteiger partial charge in [-0.1, -0.05) is 5.16 Å². The number of hydrogen-bond acceptors (Lipinski definition) is 9. The summed E-state index contributed by atoms with van der Waals surface area (Å²) >= 11 is 1.43. The van der Waals surface area contributed by atoms with Crippen LogP contribution in [0.2, 0.25) is 0 Å². The third-order valence-corrected chi connectivity index (χ3v) is 5.48. The molecule has 158 valence electrons. The molecule has 1 N–H and O–H groups in total. The van der Waals surface area contributed by atoms with Crippen molar-refractivity contribution < 1.29 is 18.8 Å². The number of carbonyl (C=O) groups is 1. The highest BCUT2D eigenvalue weighted by Crippen LogP contribution is 2.21. The van der Waals surface area contributed by atoms with Crippen molar-refractivity contribution in [3.05, 3.63) is 41.2 Å². The van der Waals surface area contributed by atoms with Gasteiger partial charge in [-0.25, -0.2) is 4.98 Å². The minimum atomic E-state index is -0.133. The molecular formula is C20H23N5O4S. The summed E-state index contributed by atoms with van der Waals surface area (Å²) in [5, 5.41) is 9.40. The van der Waals surface area contributed by atoms with Crippen LogP contribution in [-0.2, 0) is 22.5 Å². The van der Waals surface area contributed by atoms with Crippen molar-refractivity contribution in [2.45, 2.75) is 19.4 Å². The number of amides is 1. The van der Waals surface area contributed by atoms with Gasteiger partial charge in [0.15, 0.2) is 5.13 Å². The van der Waals surface area contributed by atoms with Crippen molar-refractivity contribution in [1.82, 2.24) is 20.0 Å². The minimum Gasteiger partial charge on any atom is -0.497 e. The molecule has 1 aliphatic heterocycles. The number of ether oxygens (including phenoxy) is 2. The summed E-state index contributed by atoms with van der Waals surface area (Å²) in [5.41, 5.74) is 1.78. The average Bonchev–Trinajstić information content (AvgIpc) is 3.43. The molecule has 3 aromatic rings. The van der Waals surface area contributed by atoms with Gasteiger partial charge in [0, 0.05) is 43.4 Å². The molecule has 10 heteroatoms. The van der Waals surface area contributed by atoms with Gasteiger partial charge in [0.05, 0.1) is 26.0 Å². The van der Waals surface area contributed by atoms with Crippen LogP contribution in [0.15, 0.2) is 34.2 Å². The van der Waals surface area contributed by atoms with Gasteiger partial charge < -0.3 is 19.3 Å². The number of anilines is 1. The monoisotopic (exact) mass is 429 g/mol. The van der Waals surface area contributed by atoms with Crippen molar-refractivity contribution in [2.75, 3.05) is 38.7 Å². The highest BCUT2D eigenvalue weighted by Gasteiger charge is 2.15. The summed E-state index contributed by atoms with van der Waals surface area (Å²) in [6, 6.07) is 7.38. The molecule has 1 fully saturated rings. The summed E-state index contributed by atoms with van der Waals surface area (Å²) < 4.78 is 15.8. The van der Waals surface area contributed by atoms with Crippen LogP contribution in [0.4, 0.5) is 5.13 Å². The zero-order valence-corrected chi connectivity index (χ0v) is 17.5. The van der Waals surface area contributed by atoms with Crippen molar-refractivity contribution >= 4 is 22.4 Å². The Hall–Kier alpha value is -2.82. The SMILES string of the molecule is COc1ccc(-c2noc(CCC(=O)Nc3nc(CN4CCOCC4)cs3)n2)cc1. The molecule has 0 spiro atoms. The first-order valence-electron chi connectivity index (χ1n) is 9.71. The van der Waals surface area contributed by atoms with E-state index >= 15 is 0 Å². The third-order valence-electron chi connectivity index (χ3n) is 4.67. The number of nitrogens with zero attached hydrogens (tertiary/aromatic N) is 4. The van der Waals surface area contributed by atoms with E-state index in [1.807, 2.05) is 29.6 Å². The lowest BCUT2D eigenvalue weighted by Gasteiger charge is -2.25. The maximum atomic E-state index is 12.3. The van der Waals surface area contributed by atoms with Crippen LogP contribution in [0.5, 0.6) is 5.75 Å². The number of benzene rings is 1. The maximum Gasteiger partial charge on any atom is 0.227 e. The number of methoxy groups -OCH3 is 1. The molecular weight excluding hydrogens is 406 g/mol. The third kappa shape index (κ3) is 5.41. The largest absolute Gasteiger partial charge is 0.497 e. The van der Waals surface area contributed by atoms with Crippen LogP contribution < -0.4 is 10.1 Å². The van der Waals surface area contributed by atoms with E-state index in [-0.39, 0.29) is 12.3 Å². The molecule has 3 heterocycles. The molecule has 1 aromatic carbocycles. The zero-order valence-electron chi connectivity index (χ0n) is 16.7. The van der Waals surface area contributed by atoms with Crippen molar-refractivity contribution in [3.63, 3.8) is 0 Å². The van der Waals surface area contributed by atoms with E-state index in [0.717, 1.165) is 49.9 Å². The van der Waals surface area contributed by atoms with Gasteiger partial charge in [0.2, 0.25) is 17.6 Å². The summed E-state index contributed by atoms with van der Waals surface area (Å²) in [6.07, 6.45) is 0.601. The molecule has 0 radical (unpaired) electrons. The molecule has 0 atom stereocenters. The number of rotatable bonds is 8. The number of morpholine rings is 1. The number of hydrogen-bond donors (Lipinski definition) is 1. The molecule has 1 saturated heterocycles. The van der Waals surface area contributed by atoms with Crippen LogP contribution in [-0.4, -0.2) is 59.3 Å². The van der Waals surface area contributed by atoms with Crippen molar-refractivity contribution in [1.29, 1.82) is 0 Å². The van der Waals surface area contributed by atoms with Crippen molar-refractivity contribution in [3.8, 4) is 17.1 Å². The predicted molar refractivity (Wildman–Crippen MR) is 111 cm³/mol. The summed E-state index contributed by atoms with van der Waals surface area (Å²) in [5.74, 6) is 1.53. The van der Waals surface area contributed by atoms with Crippen molar-refractivity contribution in [2.24, 2.45) is 0 Å². The van der Waals surface area contributed by atoms with Crippen LogP contribution in [0.3, 0.4) is 0 Å². The lowest BCUT2D eigenvalue weighted by Crippen LogP contribution is -2.35. The van der Waals surface area contributed by atoms with E-state index < -0.39 is 0 Å². The lowest BCUT2D eigenvalue weighted by atomic mass is 10.2. The molecule has 30 heavy (non-hydrogen) atoms. The second-order valence-electron chi connectivity index (χ2n) is 6.82. The van der Waals surface area contributed by atoms with Gasteiger partial charge in [-0.05, 0) is 24.3 Å². The molecule has 0 saturated carbocycles. The molecule has 2 aromatic heterocycles. The van der Waals surface area contributed by atoms with E-state index in [9.17, 15) is 4.79 Å². The Morgan fingerprint density at radius 2 is 2.03 bits per heavy atom. The fraction of sp³-hybridized carbons (Fsp3) is 0.400. The molecule has 1 aliphatic rings. The Morgan fingerprint density at radius 1 is 1.23 bits per heavy atom. The second-order valence-corrected chi connectivity index (χ2v) is 7.68. The normalized spacial score (nSPS) is 14.6. The Labute approximate surface area is 178 Å². The van der Waals surface area contributed by atoms with Crippen LogP contribution in [0.1, 0.15) is 18.0 Å². The predicted octanol–water partition coefficient (Wildman–Crippen LogP) is 2.61. The van der Waals surface area contributed by atoms with E-state index in [2.05, 4.69) is 25.3 Å². The van der Waals surface area contributed by atoms with Gasteiger partial charge >= 0.3 is 0 Å². The maximum absolute atomic E-state index is 12.3. The molecule has 9 nitrogen and oxygen atoms in total. The van der Waals surface area contributed by atoms with E-state index in [4.69, 9.17) is 14.0 Å². The number of aromatic nitrogens is 3. The van der Waals surface area contributed by atoms with E-state index in [0.29, 0.717) is 23.3 Å². The summed E-state index contributed by atoms with van der Waals surface area (Å²) in [6.45, 7) is 4.09. The standard InChI is InChI=1S/C20H23N5O4S/c1-27-16-4-2-14(3-5-16)19-23-18(29-24-19)7-6-17(26)22-20-21-15(13-30-20)12-25-8-10-28-11-9-25/h2-5,13H,6-12H2,1H3,(H,21,22,26). The first-order chi connectivity index (χ1) is 14.7. The van der Waals surface area contributed by atoms with Gasteiger partial charge in [-0.2, -0.15) is 4.98 Å². The van der Waals surface area contributed by atoms with Crippen LogP contribution in [0, 0.1) is 0 Å². The fourth-order valence-corrected chi connectivity index (χ4v) is 3.76. The fourth-order valence-electron chi connectivity index (χ4n) is 3.04. The minimum absolute atomic E-state index is 0.133. The van der Waals surface area contributed by atoms with Gasteiger partial charge in [0.1, 0.15) is 5.75 Å². The van der Waals surface area contributed by atoms with E-state index in [1.54, 1.807) is 7.11 Å². The van der Waals surface area contributed by atoms with Crippen LogP contribution in [0.25, 0.3) is 11.4 Å². The smallest absolute Gasteiger partial charge is 0.227 e. The Bertz CT molecular complexity index is 966. The zero-order chi connectivity index (χ0) is 20.8. The summed E-state index contributed by atoms with van der Waals surface area (Å²) in [7, 11) is 1.61. The summed E-state index contributed by atoms with van der Waals surface area (Å²) in [4.78, 5) is 23.4. The Morgan fingerprint density at radius 3 is 2.80 bits per heavy atom. The van der Waals surface area contributed by atoms with E-state index in [1.165, 1.54) is 11.3 Å². The van der Waals surface area contributed by atoms with Gasteiger partial charge in [-0.15, -0.1) is 11.3 Å². The average molecular weight is 430 g/mol. The molecule has 1 amide bonds. The molecule has 4 rings (SSSR count). The van der Waals surface area contributed by atoms with Gasteiger partial charge in [0.25, 0.3) is 0 Å². The first-order valence-corrected chi connectivity index (χ1v) is 10.6. The van der Waals surface area contributed by atoms with Gasteiger partial charge in [-0.3, -0.25) is 9.69 Å². The molecule has 0 unspecified atom stereocenters. The molecule has 0 aliphatic carbocycles. The number of aryl methyl sites for hydroxylation is 1. The number of carbonyl (C=O) groups excluding carboxylic acids is 1. The lowest BCUT2D eigenvalue weighted by molar-refractivity contribution is -0.116.